The fraction of sp³-hybridized carbons (Fsp3) is 0.200. The van der Waals surface area contributed by atoms with Crippen LogP contribution in [-0.2, 0) is 4.43 Å². The van der Waals surface area contributed by atoms with Crippen LogP contribution in [0.4, 0.5) is 0 Å². The molecule has 0 N–H and O–H groups in total. The molecule has 2 heteroatoms. The van der Waals surface area contributed by atoms with Crippen molar-refractivity contribution in [3.63, 3.8) is 0 Å². The van der Waals surface area contributed by atoms with Crippen LogP contribution in [-0.4, -0.2) is 9.04 Å². The zero-order chi connectivity index (χ0) is 8.97. The van der Waals surface area contributed by atoms with E-state index in [1.54, 1.807) is 0 Å². The molecule has 0 aromatic heterocycles. The van der Waals surface area contributed by atoms with Crippen molar-refractivity contribution in [2.75, 3.05) is 0 Å². The minimum atomic E-state index is -0.680. The predicted molar refractivity (Wildman–Crippen MR) is 54.0 cm³/mol. The molecular formula is C10H13OSi. The van der Waals surface area contributed by atoms with E-state index in [-0.39, 0.29) is 0 Å². The average Bonchev–Trinajstić information content (AvgIpc) is 2.05. The Morgan fingerprint density at radius 2 is 1.83 bits per heavy atom. The van der Waals surface area contributed by atoms with E-state index in [4.69, 9.17) is 4.43 Å². The van der Waals surface area contributed by atoms with Gasteiger partial charge in [0.05, 0.1) is 0 Å². The molecule has 0 heterocycles. The summed E-state index contributed by atoms with van der Waals surface area (Å²) in [6, 6.07) is 9.98. The highest BCUT2D eigenvalue weighted by Gasteiger charge is 2.02. The van der Waals surface area contributed by atoms with Gasteiger partial charge in [0.15, 0.2) is 0 Å². The molecule has 0 bridgehead atoms. The summed E-state index contributed by atoms with van der Waals surface area (Å²) in [5.74, 6) is 0.787. The maximum absolute atomic E-state index is 5.54. The van der Waals surface area contributed by atoms with Crippen molar-refractivity contribution in [2.24, 2.45) is 0 Å². The van der Waals surface area contributed by atoms with Crippen LogP contribution >= 0.6 is 0 Å². The molecule has 12 heavy (non-hydrogen) atoms. The Labute approximate surface area is 75.4 Å². The van der Waals surface area contributed by atoms with Gasteiger partial charge in [-0.2, -0.15) is 0 Å². The third-order valence-electron chi connectivity index (χ3n) is 1.42. The zero-order valence-electron chi connectivity index (χ0n) is 7.50. The summed E-state index contributed by atoms with van der Waals surface area (Å²) in [6.45, 7) is 8.06. The van der Waals surface area contributed by atoms with Gasteiger partial charge in [0, 0.05) is 5.56 Å². The van der Waals surface area contributed by atoms with Crippen molar-refractivity contribution >= 4 is 14.8 Å². The maximum atomic E-state index is 5.54. The van der Waals surface area contributed by atoms with E-state index in [9.17, 15) is 0 Å². The van der Waals surface area contributed by atoms with Gasteiger partial charge in [-0.1, -0.05) is 36.9 Å². The molecule has 1 aromatic rings. The summed E-state index contributed by atoms with van der Waals surface area (Å²) < 4.78 is 5.54. The largest absolute Gasteiger partial charge is 0.543 e. The molecule has 1 rings (SSSR count). The molecule has 1 aromatic carbocycles. The van der Waals surface area contributed by atoms with Crippen LogP contribution in [0.5, 0.6) is 0 Å². The lowest BCUT2D eigenvalue weighted by Crippen LogP contribution is -2.05. The quantitative estimate of drug-likeness (QED) is 0.509. The molecular weight excluding hydrogens is 164 g/mol. The number of rotatable bonds is 3. The molecule has 63 valence electrons. The van der Waals surface area contributed by atoms with Crippen LogP contribution < -0.4 is 0 Å². The Morgan fingerprint density at radius 3 is 2.33 bits per heavy atom. The molecule has 0 aliphatic rings. The Kier molecular flexibility index (Phi) is 3.11. The van der Waals surface area contributed by atoms with Crippen molar-refractivity contribution in [2.45, 2.75) is 13.1 Å². The van der Waals surface area contributed by atoms with Gasteiger partial charge in [-0.3, -0.25) is 0 Å². The minimum absolute atomic E-state index is 0.680. The first kappa shape index (κ1) is 9.07. The Morgan fingerprint density at radius 1 is 1.25 bits per heavy atom. The second kappa shape index (κ2) is 4.12. The summed E-state index contributed by atoms with van der Waals surface area (Å²) in [5.41, 5.74) is 1.07. The summed E-state index contributed by atoms with van der Waals surface area (Å²) in [4.78, 5) is 0. The van der Waals surface area contributed by atoms with E-state index in [0.717, 1.165) is 11.3 Å². The molecule has 0 amide bonds. The molecule has 0 aliphatic heterocycles. The second-order valence-electron chi connectivity index (χ2n) is 2.80. The molecule has 1 nitrogen and oxygen atoms in total. The van der Waals surface area contributed by atoms with Crippen LogP contribution in [0.1, 0.15) is 5.56 Å². The van der Waals surface area contributed by atoms with Crippen LogP contribution in [0.25, 0.3) is 5.76 Å². The van der Waals surface area contributed by atoms with Crippen LogP contribution in [0.2, 0.25) is 13.1 Å². The van der Waals surface area contributed by atoms with Crippen molar-refractivity contribution in [1.29, 1.82) is 0 Å². The Balaban J connectivity index is 2.66. The average molecular weight is 177 g/mol. The molecule has 0 spiro atoms. The third kappa shape index (κ3) is 2.55. The molecule has 0 saturated carbocycles. The van der Waals surface area contributed by atoms with E-state index in [2.05, 4.69) is 19.7 Å². The molecule has 0 saturated heterocycles. The topological polar surface area (TPSA) is 9.23 Å². The van der Waals surface area contributed by atoms with E-state index >= 15 is 0 Å². The monoisotopic (exact) mass is 177 g/mol. The fourth-order valence-corrected chi connectivity index (χ4v) is 1.54. The minimum Gasteiger partial charge on any atom is -0.543 e. The molecule has 1 radical (unpaired) electrons. The first-order valence-electron chi connectivity index (χ1n) is 3.92. The van der Waals surface area contributed by atoms with Crippen molar-refractivity contribution in [3.8, 4) is 0 Å². The van der Waals surface area contributed by atoms with Crippen LogP contribution in [0.15, 0.2) is 36.9 Å². The van der Waals surface area contributed by atoms with Gasteiger partial charge in [0.25, 0.3) is 9.04 Å². The van der Waals surface area contributed by atoms with Gasteiger partial charge in [-0.15, -0.1) is 0 Å². The summed E-state index contributed by atoms with van der Waals surface area (Å²) in [5, 5.41) is 0. The molecule has 0 unspecified atom stereocenters. The Hall–Kier alpha value is -1.02. The summed E-state index contributed by atoms with van der Waals surface area (Å²) >= 11 is 0. The predicted octanol–water partition coefficient (Wildman–Crippen LogP) is 2.93. The van der Waals surface area contributed by atoms with E-state index in [1.807, 2.05) is 30.3 Å². The van der Waals surface area contributed by atoms with E-state index in [1.165, 1.54) is 0 Å². The lowest BCUT2D eigenvalue weighted by atomic mass is 10.2. The number of hydrogen-bond donors (Lipinski definition) is 0. The second-order valence-corrected chi connectivity index (χ2v) is 4.82. The first-order valence-corrected chi connectivity index (χ1v) is 6.33. The Bertz CT molecular complexity index is 254. The van der Waals surface area contributed by atoms with E-state index < -0.39 is 9.04 Å². The lowest BCUT2D eigenvalue weighted by molar-refractivity contribution is 0.539. The normalized spacial score (nSPS) is 9.92. The standard InChI is InChI=1S/C10H13OSi/c1-9(11-12(2)3)10-7-5-4-6-8-10/h4-8H,1H2,2-3H3. The first-order chi connectivity index (χ1) is 5.70. The highest BCUT2D eigenvalue weighted by atomic mass is 28.3. The van der Waals surface area contributed by atoms with Gasteiger partial charge in [0.2, 0.25) is 0 Å². The van der Waals surface area contributed by atoms with Gasteiger partial charge in [0.1, 0.15) is 5.76 Å². The zero-order valence-corrected chi connectivity index (χ0v) is 8.50. The van der Waals surface area contributed by atoms with E-state index in [0.29, 0.717) is 0 Å². The highest BCUT2D eigenvalue weighted by molar-refractivity contribution is 6.49. The third-order valence-corrected chi connectivity index (χ3v) is 2.08. The van der Waals surface area contributed by atoms with Crippen LogP contribution in [0.3, 0.4) is 0 Å². The van der Waals surface area contributed by atoms with Crippen molar-refractivity contribution in [3.05, 3.63) is 42.5 Å². The van der Waals surface area contributed by atoms with Crippen LogP contribution in [0, 0.1) is 0 Å². The molecule has 0 aliphatic carbocycles. The fourth-order valence-electron chi connectivity index (χ4n) is 0.929. The van der Waals surface area contributed by atoms with Crippen molar-refractivity contribution in [1.82, 2.24) is 0 Å². The highest BCUT2D eigenvalue weighted by Crippen LogP contribution is 2.13. The smallest absolute Gasteiger partial charge is 0.274 e. The summed E-state index contributed by atoms with van der Waals surface area (Å²) in [6.07, 6.45) is 0. The number of benzene rings is 1. The lowest BCUT2D eigenvalue weighted by Gasteiger charge is -2.10. The molecule has 0 atom stereocenters. The van der Waals surface area contributed by atoms with Gasteiger partial charge < -0.3 is 4.43 Å². The number of hydrogen-bond acceptors (Lipinski definition) is 1. The maximum Gasteiger partial charge on any atom is 0.274 e. The molecule has 0 fully saturated rings. The SMILES string of the molecule is C=C(O[Si](C)C)c1ccccc1. The van der Waals surface area contributed by atoms with Gasteiger partial charge in [-0.05, 0) is 13.1 Å². The van der Waals surface area contributed by atoms with Crippen molar-refractivity contribution < 1.29 is 4.43 Å². The van der Waals surface area contributed by atoms with Gasteiger partial charge >= 0.3 is 0 Å². The summed E-state index contributed by atoms with van der Waals surface area (Å²) in [7, 11) is -0.680. The van der Waals surface area contributed by atoms with Gasteiger partial charge in [-0.25, -0.2) is 0 Å².